The Balaban J connectivity index is 2.64. The standard InChI is InChI=1S/C19H32N2O3/c1-6-8-11-20-13-15-9-10-16(17(12-15)23-7-2)24-14-18(22)21-19(3,4)5/h9-10,12,20H,6-8,11,13-14H2,1-5H3,(H,21,22). The highest BCUT2D eigenvalue weighted by molar-refractivity contribution is 5.78. The molecule has 0 unspecified atom stereocenters. The summed E-state index contributed by atoms with van der Waals surface area (Å²) >= 11 is 0. The lowest BCUT2D eigenvalue weighted by Gasteiger charge is -2.21. The van der Waals surface area contributed by atoms with Crippen molar-refractivity contribution in [2.75, 3.05) is 19.8 Å². The molecule has 0 atom stereocenters. The molecule has 0 fully saturated rings. The molecule has 1 rings (SSSR count). The quantitative estimate of drug-likeness (QED) is 0.644. The van der Waals surface area contributed by atoms with Crippen LogP contribution in [-0.2, 0) is 11.3 Å². The summed E-state index contributed by atoms with van der Waals surface area (Å²) in [5.74, 6) is 1.13. The predicted octanol–water partition coefficient (Wildman–Crippen LogP) is 3.27. The van der Waals surface area contributed by atoms with Crippen molar-refractivity contribution in [3.8, 4) is 11.5 Å². The molecule has 0 aliphatic heterocycles. The van der Waals surface area contributed by atoms with E-state index in [1.807, 2.05) is 45.9 Å². The van der Waals surface area contributed by atoms with Gasteiger partial charge in [-0.1, -0.05) is 19.4 Å². The fraction of sp³-hybridized carbons (Fsp3) is 0.632. The van der Waals surface area contributed by atoms with Crippen LogP contribution in [-0.4, -0.2) is 31.2 Å². The van der Waals surface area contributed by atoms with Gasteiger partial charge in [0, 0.05) is 12.1 Å². The Morgan fingerprint density at radius 1 is 1.12 bits per heavy atom. The Kier molecular flexibility index (Phi) is 8.61. The van der Waals surface area contributed by atoms with E-state index in [4.69, 9.17) is 9.47 Å². The van der Waals surface area contributed by atoms with Crippen LogP contribution >= 0.6 is 0 Å². The van der Waals surface area contributed by atoms with E-state index in [2.05, 4.69) is 17.6 Å². The Bertz CT molecular complexity index is 510. The molecule has 5 nitrogen and oxygen atoms in total. The van der Waals surface area contributed by atoms with Gasteiger partial charge in [-0.15, -0.1) is 0 Å². The fourth-order valence-electron chi connectivity index (χ4n) is 2.18. The molecule has 0 saturated heterocycles. The van der Waals surface area contributed by atoms with Crippen LogP contribution in [0.1, 0.15) is 53.0 Å². The first-order valence-corrected chi connectivity index (χ1v) is 8.76. The largest absolute Gasteiger partial charge is 0.490 e. The maximum absolute atomic E-state index is 11.9. The highest BCUT2D eigenvalue weighted by Gasteiger charge is 2.15. The van der Waals surface area contributed by atoms with Gasteiger partial charge in [0.1, 0.15) is 0 Å². The van der Waals surface area contributed by atoms with Crippen LogP contribution in [0.25, 0.3) is 0 Å². The van der Waals surface area contributed by atoms with E-state index >= 15 is 0 Å². The summed E-state index contributed by atoms with van der Waals surface area (Å²) in [6.45, 7) is 12.3. The molecule has 1 amide bonds. The molecular weight excluding hydrogens is 304 g/mol. The van der Waals surface area contributed by atoms with Crippen LogP contribution in [0.3, 0.4) is 0 Å². The van der Waals surface area contributed by atoms with Gasteiger partial charge in [0.15, 0.2) is 18.1 Å². The second kappa shape index (κ2) is 10.2. The number of hydrogen-bond acceptors (Lipinski definition) is 4. The average molecular weight is 336 g/mol. The molecule has 136 valence electrons. The highest BCUT2D eigenvalue weighted by Crippen LogP contribution is 2.28. The molecule has 0 saturated carbocycles. The van der Waals surface area contributed by atoms with Crippen molar-refractivity contribution in [3.05, 3.63) is 23.8 Å². The molecule has 0 aromatic heterocycles. The minimum Gasteiger partial charge on any atom is -0.490 e. The van der Waals surface area contributed by atoms with Crippen molar-refractivity contribution in [2.45, 2.75) is 59.5 Å². The zero-order valence-electron chi connectivity index (χ0n) is 15.7. The summed E-state index contributed by atoms with van der Waals surface area (Å²) in [5, 5.41) is 6.28. The second-order valence-electron chi connectivity index (χ2n) is 6.83. The molecule has 0 spiro atoms. The van der Waals surface area contributed by atoms with Gasteiger partial charge in [0.05, 0.1) is 6.61 Å². The van der Waals surface area contributed by atoms with Gasteiger partial charge in [-0.05, 0) is 58.4 Å². The lowest BCUT2D eigenvalue weighted by Crippen LogP contribution is -2.43. The molecule has 1 aromatic rings. The van der Waals surface area contributed by atoms with Gasteiger partial charge >= 0.3 is 0 Å². The first-order chi connectivity index (χ1) is 11.4. The summed E-state index contributed by atoms with van der Waals surface area (Å²) in [6, 6.07) is 5.84. The number of ether oxygens (including phenoxy) is 2. The van der Waals surface area contributed by atoms with Gasteiger partial charge in [0.2, 0.25) is 0 Å². The van der Waals surface area contributed by atoms with Crippen molar-refractivity contribution in [1.29, 1.82) is 0 Å². The first-order valence-electron chi connectivity index (χ1n) is 8.76. The SMILES string of the molecule is CCCCNCc1ccc(OCC(=O)NC(C)(C)C)c(OCC)c1. The third-order valence-electron chi connectivity index (χ3n) is 3.22. The zero-order valence-corrected chi connectivity index (χ0v) is 15.7. The van der Waals surface area contributed by atoms with Gasteiger partial charge < -0.3 is 20.1 Å². The number of amides is 1. The van der Waals surface area contributed by atoms with E-state index in [-0.39, 0.29) is 18.1 Å². The molecule has 1 aromatic carbocycles. The predicted molar refractivity (Wildman–Crippen MR) is 97.6 cm³/mol. The maximum Gasteiger partial charge on any atom is 0.258 e. The Morgan fingerprint density at radius 2 is 1.88 bits per heavy atom. The summed E-state index contributed by atoms with van der Waals surface area (Å²) in [5.41, 5.74) is 0.873. The Hall–Kier alpha value is -1.75. The van der Waals surface area contributed by atoms with Crippen LogP contribution in [0.15, 0.2) is 18.2 Å². The molecule has 5 heteroatoms. The van der Waals surface area contributed by atoms with Crippen LogP contribution in [0, 0.1) is 0 Å². The summed E-state index contributed by atoms with van der Waals surface area (Å²) in [4.78, 5) is 11.9. The second-order valence-corrected chi connectivity index (χ2v) is 6.83. The molecule has 24 heavy (non-hydrogen) atoms. The molecule has 2 N–H and O–H groups in total. The number of benzene rings is 1. The molecular formula is C19H32N2O3. The average Bonchev–Trinajstić information content (AvgIpc) is 2.49. The minimum absolute atomic E-state index is 0.0224. The number of rotatable bonds is 10. The topological polar surface area (TPSA) is 59.6 Å². The van der Waals surface area contributed by atoms with Crippen LogP contribution in [0.4, 0.5) is 0 Å². The Labute approximate surface area is 146 Å². The van der Waals surface area contributed by atoms with Crippen molar-refractivity contribution < 1.29 is 14.3 Å². The van der Waals surface area contributed by atoms with E-state index in [1.54, 1.807) is 0 Å². The zero-order chi connectivity index (χ0) is 18.0. The summed E-state index contributed by atoms with van der Waals surface area (Å²) < 4.78 is 11.3. The first kappa shape index (κ1) is 20.3. The van der Waals surface area contributed by atoms with Crippen molar-refractivity contribution >= 4 is 5.91 Å². The van der Waals surface area contributed by atoms with E-state index in [0.717, 1.165) is 18.7 Å². The highest BCUT2D eigenvalue weighted by atomic mass is 16.5. The summed E-state index contributed by atoms with van der Waals surface area (Å²) in [6.07, 6.45) is 2.35. The van der Waals surface area contributed by atoms with Gasteiger partial charge in [-0.25, -0.2) is 0 Å². The van der Waals surface area contributed by atoms with Crippen LogP contribution in [0.2, 0.25) is 0 Å². The lowest BCUT2D eigenvalue weighted by atomic mass is 10.1. The Morgan fingerprint density at radius 3 is 2.50 bits per heavy atom. The van der Waals surface area contributed by atoms with E-state index in [0.29, 0.717) is 18.1 Å². The van der Waals surface area contributed by atoms with E-state index in [9.17, 15) is 4.79 Å². The monoisotopic (exact) mass is 336 g/mol. The van der Waals surface area contributed by atoms with E-state index in [1.165, 1.54) is 12.8 Å². The lowest BCUT2D eigenvalue weighted by molar-refractivity contribution is -0.124. The fourth-order valence-corrected chi connectivity index (χ4v) is 2.18. The molecule has 0 aliphatic rings. The molecule has 0 bridgehead atoms. The van der Waals surface area contributed by atoms with E-state index < -0.39 is 0 Å². The summed E-state index contributed by atoms with van der Waals surface area (Å²) in [7, 11) is 0. The number of unbranched alkanes of at least 4 members (excludes halogenated alkanes) is 1. The molecule has 0 radical (unpaired) electrons. The number of nitrogens with one attached hydrogen (secondary N) is 2. The van der Waals surface area contributed by atoms with Crippen molar-refractivity contribution in [2.24, 2.45) is 0 Å². The smallest absolute Gasteiger partial charge is 0.258 e. The number of carbonyl (C=O) groups excluding carboxylic acids is 1. The van der Waals surface area contributed by atoms with Crippen LogP contribution in [0.5, 0.6) is 11.5 Å². The minimum atomic E-state index is -0.267. The van der Waals surface area contributed by atoms with Gasteiger partial charge in [-0.3, -0.25) is 4.79 Å². The number of hydrogen-bond donors (Lipinski definition) is 2. The number of carbonyl (C=O) groups is 1. The van der Waals surface area contributed by atoms with Crippen molar-refractivity contribution in [3.63, 3.8) is 0 Å². The third kappa shape index (κ3) is 8.20. The van der Waals surface area contributed by atoms with Crippen LogP contribution < -0.4 is 20.1 Å². The van der Waals surface area contributed by atoms with Crippen molar-refractivity contribution in [1.82, 2.24) is 10.6 Å². The molecule has 0 heterocycles. The maximum atomic E-state index is 11.9. The van der Waals surface area contributed by atoms with Gasteiger partial charge in [0.25, 0.3) is 5.91 Å². The third-order valence-corrected chi connectivity index (χ3v) is 3.22. The molecule has 0 aliphatic carbocycles. The normalized spacial score (nSPS) is 11.2. The van der Waals surface area contributed by atoms with Gasteiger partial charge in [-0.2, -0.15) is 0 Å².